The molecule has 0 N–H and O–H groups in total. The Morgan fingerprint density at radius 3 is 1.26 bits per heavy atom. The third-order valence-corrected chi connectivity index (χ3v) is 10.4. The number of nitrogens with zero attached hydrogens (tertiary/aromatic N) is 2. The van der Waals surface area contributed by atoms with Gasteiger partial charge in [-0.2, -0.15) is 0 Å². The van der Waals surface area contributed by atoms with E-state index in [0.717, 1.165) is 0 Å². The van der Waals surface area contributed by atoms with Crippen LogP contribution in [0, 0.1) is 22.7 Å². The van der Waals surface area contributed by atoms with Crippen LogP contribution in [-0.4, -0.2) is 74.2 Å². The van der Waals surface area contributed by atoms with Crippen LogP contribution >= 0.6 is 0 Å². The van der Waals surface area contributed by atoms with Gasteiger partial charge in [-0.25, -0.2) is 0 Å². The molecule has 0 aromatic heterocycles. The highest BCUT2D eigenvalue weighted by Gasteiger charge is 2.94. The molecule has 2 saturated carbocycles. The van der Waals surface area contributed by atoms with Gasteiger partial charge in [-0.05, 0) is 25.2 Å². The summed E-state index contributed by atoms with van der Waals surface area (Å²) in [5, 5.41) is 0. The largest absolute Gasteiger partial charge is 0.468 e. The topological polar surface area (TPSA) is 59.1 Å². The second kappa shape index (κ2) is 6.49. The van der Waals surface area contributed by atoms with Gasteiger partial charge < -0.3 is 9.47 Å². The van der Waals surface area contributed by atoms with Crippen molar-refractivity contribution in [2.75, 3.05) is 28.3 Å². The molecule has 2 aromatic carbocycles. The highest BCUT2D eigenvalue weighted by Crippen LogP contribution is 2.84. The van der Waals surface area contributed by atoms with Crippen LogP contribution in [0.1, 0.15) is 23.0 Å². The maximum absolute atomic E-state index is 13.8. The molecule has 0 radical (unpaired) electrons. The number of esters is 2. The van der Waals surface area contributed by atoms with E-state index in [2.05, 4.69) is 72.4 Å². The Kier molecular flexibility index (Phi) is 3.94. The van der Waals surface area contributed by atoms with Gasteiger partial charge in [0.2, 0.25) is 0 Å². The summed E-state index contributed by atoms with van der Waals surface area (Å²) in [4.78, 5) is 32.4. The number of piperidine rings is 4. The summed E-state index contributed by atoms with van der Waals surface area (Å²) in [6, 6.07) is 20.9. The van der Waals surface area contributed by atoms with Gasteiger partial charge in [-0.1, -0.05) is 60.7 Å². The van der Waals surface area contributed by atoms with Crippen molar-refractivity contribution in [2.45, 2.75) is 36.0 Å². The zero-order valence-electron chi connectivity index (χ0n) is 19.9. The lowest BCUT2D eigenvalue weighted by molar-refractivity contribution is -0.392. The molecule has 6 nitrogen and oxygen atoms in total. The average Bonchev–Trinajstić information content (AvgIpc) is 2.82. The van der Waals surface area contributed by atoms with E-state index in [1.165, 1.54) is 25.3 Å². The third-order valence-electron chi connectivity index (χ3n) is 10.4. The van der Waals surface area contributed by atoms with Crippen LogP contribution in [-0.2, 0) is 19.1 Å². The fraction of sp³-hybridized carbons (Fsp3) is 0.500. The first-order chi connectivity index (χ1) is 16.5. The Morgan fingerprint density at radius 1 is 0.647 bits per heavy atom. The summed E-state index contributed by atoms with van der Waals surface area (Å²) >= 11 is 0. The highest BCUT2D eigenvalue weighted by molar-refractivity contribution is 5.89. The van der Waals surface area contributed by atoms with Crippen molar-refractivity contribution in [3.05, 3.63) is 71.8 Å². The smallest absolute Gasteiger partial charge is 0.315 e. The Morgan fingerprint density at radius 2 is 0.971 bits per heavy atom. The Labute approximate surface area is 199 Å². The summed E-state index contributed by atoms with van der Waals surface area (Å²) in [6.45, 7) is 0. The minimum atomic E-state index is -0.655. The van der Waals surface area contributed by atoms with Crippen molar-refractivity contribution in [2.24, 2.45) is 22.7 Å². The van der Waals surface area contributed by atoms with E-state index in [1.54, 1.807) is 0 Å². The van der Waals surface area contributed by atoms with Crippen LogP contribution in [0.25, 0.3) is 0 Å². The molecule has 2 aromatic rings. The van der Waals surface area contributed by atoms with Gasteiger partial charge in [-0.15, -0.1) is 0 Å². The predicted octanol–water partition coefficient (Wildman–Crippen LogP) is 2.51. The van der Waals surface area contributed by atoms with Crippen LogP contribution in [0.15, 0.2) is 60.7 Å². The first-order valence-corrected chi connectivity index (χ1v) is 12.2. The minimum Gasteiger partial charge on any atom is -0.468 e. The molecule has 2 aliphatic carbocycles. The van der Waals surface area contributed by atoms with Crippen LogP contribution in [0.2, 0.25) is 0 Å². The normalized spacial score (nSPS) is 45.3. The van der Waals surface area contributed by atoms with Gasteiger partial charge in [0.1, 0.15) is 10.8 Å². The van der Waals surface area contributed by atoms with Crippen molar-refractivity contribution in [1.82, 2.24) is 9.80 Å². The van der Waals surface area contributed by atoms with Crippen molar-refractivity contribution < 1.29 is 19.1 Å². The molecule has 34 heavy (non-hydrogen) atoms. The number of carbonyl (C=O) groups excluding carboxylic acids is 2. The summed E-state index contributed by atoms with van der Waals surface area (Å²) in [6.07, 6.45) is 0. The van der Waals surface area contributed by atoms with E-state index in [9.17, 15) is 9.59 Å². The lowest BCUT2D eigenvalue weighted by atomic mass is 9.23. The van der Waals surface area contributed by atoms with E-state index in [4.69, 9.17) is 9.47 Å². The standard InChI is InChI=1S/C28H30N2O4/c1-29-21-18-20(16-13-9-6-10-14-16)28(26(32)34-4)22(29)17-19(15-11-7-5-8-12-15)27(21,25(31)33-3)23(18)30(2)24(17)28/h5-14,17-24H,1-4H3/t17?,18?,19-,20+,21?,22?,23?,24?,27?,28?. The number of benzene rings is 2. The molecule has 6 aliphatic rings. The molecule has 0 spiro atoms. The molecule has 4 saturated heterocycles. The highest BCUT2D eigenvalue weighted by atomic mass is 16.5. The van der Waals surface area contributed by atoms with Crippen LogP contribution in [0.5, 0.6) is 0 Å². The maximum Gasteiger partial charge on any atom is 0.315 e. The lowest BCUT2D eigenvalue weighted by Crippen LogP contribution is -3.01. The Balaban J connectivity index is 1.52. The number of methoxy groups -OCH3 is 2. The SMILES string of the molecule is COC(=O)C12C3C4C1N(C)C1C(C(N3C)C1(C(=O)OC)[C@H]4c1ccccc1)[C@H]2c1ccccc1. The third kappa shape index (κ3) is 1.83. The van der Waals surface area contributed by atoms with Gasteiger partial charge in [0.25, 0.3) is 0 Å². The zero-order valence-corrected chi connectivity index (χ0v) is 19.9. The summed E-state index contributed by atoms with van der Waals surface area (Å²) in [7, 11) is 7.27. The molecule has 0 amide bonds. The fourth-order valence-electron chi connectivity index (χ4n) is 10.0. The Bertz CT molecular complexity index is 1070. The molecule has 6 atom stereocenters. The van der Waals surface area contributed by atoms with Crippen molar-refractivity contribution in [1.29, 1.82) is 0 Å². The maximum atomic E-state index is 13.8. The number of rotatable bonds is 4. The number of hydrogen-bond donors (Lipinski definition) is 0. The summed E-state index contributed by atoms with van der Waals surface area (Å²) in [5.41, 5.74) is 1.05. The molecule has 4 aliphatic heterocycles. The van der Waals surface area contributed by atoms with E-state index >= 15 is 0 Å². The zero-order chi connectivity index (χ0) is 23.6. The number of ether oxygens (including phenoxy) is 2. The Hall–Kier alpha value is -2.70. The molecule has 8 bridgehead atoms. The van der Waals surface area contributed by atoms with E-state index in [-0.39, 0.29) is 59.8 Å². The lowest BCUT2D eigenvalue weighted by Gasteiger charge is -2.90. The van der Waals surface area contributed by atoms with Gasteiger partial charge in [0.05, 0.1) is 14.2 Å². The first-order valence-electron chi connectivity index (χ1n) is 12.2. The monoisotopic (exact) mass is 458 g/mol. The quantitative estimate of drug-likeness (QED) is 0.657. The van der Waals surface area contributed by atoms with Crippen molar-refractivity contribution >= 4 is 11.9 Å². The molecule has 4 heterocycles. The fourth-order valence-corrected chi connectivity index (χ4v) is 10.0. The van der Waals surface area contributed by atoms with Crippen LogP contribution in [0.3, 0.4) is 0 Å². The van der Waals surface area contributed by atoms with Gasteiger partial charge >= 0.3 is 11.9 Å². The average molecular weight is 459 g/mol. The van der Waals surface area contributed by atoms with Gasteiger partial charge in [0, 0.05) is 47.8 Å². The van der Waals surface area contributed by atoms with Crippen molar-refractivity contribution in [3.8, 4) is 0 Å². The predicted molar refractivity (Wildman–Crippen MR) is 125 cm³/mol. The van der Waals surface area contributed by atoms with Gasteiger partial charge in [0.15, 0.2) is 0 Å². The molecular weight excluding hydrogens is 428 g/mol. The molecule has 6 fully saturated rings. The van der Waals surface area contributed by atoms with Crippen LogP contribution in [0.4, 0.5) is 0 Å². The molecule has 6 heteroatoms. The summed E-state index contributed by atoms with van der Waals surface area (Å²) < 4.78 is 11.2. The number of carbonyl (C=O) groups is 2. The van der Waals surface area contributed by atoms with Gasteiger partial charge in [-0.3, -0.25) is 19.4 Å². The molecule has 8 rings (SSSR count). The first kappa shape index (κ1) is 20.7. The summed E-state index contributed by atoms with van der Waals surface area (Å²) in [5.74, 6) is 0.0692. The second-order valence-corrected chi connectivity index (χ2v) is 10.9. The van der Waals surface area contributed by atoms with E-state index in [1.807, 2.05) is 12.1 Å². The number of hydrogen-bond acceptors (Lipinski definition) is 6. The molecule has 176 valence electrons. The van der Waals surface area contributed by atoms with E-state index in [0.29, 0.717) is 0 Å². The second-order valence-electron chi connectivity index (χ2n) is 10.9. The molecule has 4 unspecified atom stereocenters. The minimum absolute atomic E-state index is 0.00286. The van der Waals surface area contributed by atoms with Crippen molar-refractivity contribution in [3.63, 3.8) is 0 Å². The molecular formula is C28H30N2O4. The van der Waals surface area contributed by atoms with Crippen LogP contribution < -0.4 is 0 Å². The van der Waals surface area contributed by atoms with E-state index < -0.39 is 10.8 Å².